The van der Waals surface area contributed by atoms with Crippen molar-refractivity contribution in [1.29, 1.82) is 0 Å². The Morgan fingerprint density at radius 2 is 1.83 bits per heavy atom. The molecule has 2 aliphatic rings. The molecule has 18 heavy (non-hydrogen) atoms. The number of piperidine rings is 1. The second kappa shape index (κ2) is 5.27. The molecule has 1 saturated heterocycles. The molecule has 0 radical (unpaired) electrons. The van der Waals surface area contributed by atoms with Gasteiger partial charge in [0.25, 0.3) is 0 Å². The van der Waals surface area contributed by atoms with Crippen molar-refractivity contribution in [3.63, 3.8) is 0 Å². The van der Waals surface area contributed by atoms with Crippen LogP contribution in [0.2, 0.25) is 0 Å². The molecule has 0 aromatic heterocycles. The summed E-state index contributed by atoms with van der Waals surface area (Å²) in [7, 11) is 0. The maximum atomic E-state index is 4.31. The topological polar surface area (TPSA) is 3.24 Å². The van der Waals surface area contributed by atoms with E-state index in [-0.39, 0.29) is 0 Å². The lowest BCUT2D eigenvalue weighted by atomic mass is 9.87. The van der Waals surface area contributed by atoms with Crippen LogP contribution >= 0.6 is 0 Å². The molecule has 0 N–H and O–H groups in total. The van der Waals surface area contributed by atoms with Crippen molar-refractivity contribution >= 4 is 0 Å². The Labute approximate surface area is 114 Å². The quantitative estimate of drug-likeness (QED) is 0.698. The molecule has 0 bridgehead atoms. The van der Waals surface area contributed by atoms with E-state index in [0.717, 1.165) is 24.2 Å². The van der Waals surface area contributed by atoms with Crippen LogP contribution in [0.1, 0.15) is 59.8 Å². The Morgan fingerprint density at radius 1 is 1.22 bits per heavy atom. The molecule has 0 spiro atoms. The van der Waals surface area contributed by atoms with Gasteiger partial charge in [0.2, 0.25) is 0 Å². The van der Waals surface area contributed by atoms with Gasteiger partial charge < -0.3 is 4.90 Å². The van der Waals surface area contributed by atoms with Gasteiger partial charge in [-0.3, -0.25) is 0 Å². The van der Waals surface area contributed by atoms with Crippen LogP contribution in [0.15, 0.2) is 12.3 Å². The summed E-state index contributed by atoms with van der Waals surface area (Å²) in [6.45, 7) is 16.1. The summed E-state index contributed by atoms with van der Waals surface area (Å²) in [5.74, 6) is 3.17. The van der Waals surface area contributed by atoms with Gasteiger partial charge in [-0.05, 0) is 48.9 Å². The first kappa shape index (κ1) is 14.0. The standard InChI is InChI=1S/C17H31N/c1-6-14-11-16(14)15-7-9-18(10-8-15)13(2)12-17(3,4)5/h14-16H,2,6-12H2,1,3-5H3. The van der Waals surface area contributed by atoms with E-state index < -0.39 is 0 Å². The lowest BCUT2D eigenvalue weighted by molar-refractivity contribution is 0.190. The largest absolute Gasteiger partial charge is 0.375 e. The summed E-state index contributed by atoms with van der Waals surface area (Å²) >= 11 is 0. The summed E-state index contributed by atoms with van der Waals surface area (Å²) in [6.07, 6.45) is 6.87. The smallest absolute Gasteiger partial charge is 0.0177 e. The molecular weight excluding hydrogens is 218 g/mol. The third-order valence-electron chi connectivity index (χ3n) is 4.83. The highest BCUT2D eigenvalue weighted by Crippen LogP contribution is 2.49. The molecule has 2 unspecified atom stereocenters. The first-order chi connectivity index (χ1) is 8.40. The van der Waals surface area contributed by atoms with Crippen molar-refractivity contribution in [2.45, 2.75) is 59.8 Å². The van der Waals surface area contributed by atoms with Gasteiger partial charge >= 0.3 is 0 Å². The number of rotatable bonds is 4. The molecule has 2 rings (SSSR count). The molecule has 1 saturated carbocycles. The van der Waals surface area contributed by atoms with Crippen LogP contribution in [0.4, 0.5) is 0 Å². The average molecular weight is 249 g/mol. The molecule has 0 aromatic carbocycles. The fourth-order valence-corrected chi connectivity index (χ4v) is 3.69. The first-order valence-electron chi connectivity index (χ1n) is 7.83. The normalized spacial score (nSPS) is 29.4. The van der Waals surface area contributed by atoms with E-state index in [1.54, 1.807) is 0 Å². The Hall–Kier alpha value is -0.460. The van der Waals surface area contributed by atoms with Crippen molar-refractivity contribution in [3.8, 4) is 0 Å². The maximum Gasteiger partial charge on any atom is 0.0177 e. The molecule has 0 amide bonds. The van der Waals surface area contributed by atoms with Crippen LogP contribution in [0.3, 0.4) is 0 Å². The molecule has 104 valence electrons. The van der Waals surface area contributed by atoms with Crippen LogP contribution in [-0.2, 0) is 0 Å². The third kappa shape index (κ3) is 3.52. The predicted octanol–water partition coefficient (Wildman–Crippen LogP) is 4.69. The minimum atomic E-state index is 0.373. The number of hydrogen-bond donors (Lipinski definition) is 0. The Bertz CT molecular complexity index is 291. The summed E-state index contributed by atoms with van der Waals surface area (Å²) in [5.41, 5.74) is 1.74. The Kier molecular flexibility index (Phi) is 4.08. The van der Waals surface area contributed by atoms with Gasteiger partial charge in [0, 0.05) is 18.8 Å². The van der Waals surface area contributed by atoms with Gasteiger partial charge in [0.15, 0.2) is 0 Å². The zero-order chi connectivity index (χ0) is 13.3. The molecule has 2 fully saturated rings. The Balaban J connectivity index is 1.75. The van der Waals surface area contributed by atoms with Gasteiger partial charge in [-0.15, -0.1) is 0 Å². The van der Waals surface area contributed by atoms with Crippen molar-refractivity contribution in [3.05, 3.63) is 12.3 Å². The van der Waals surface area contributed by atoms with E-state index in [9.17, 15) is 0 Å². The summed E-state index contributed by atoms with van der Waals surface area (Å²) in [5, 5.41) is 0. The number of hydrogen-bond acceptors (Lipinski definition) is 1. The zero-order valence-electron chi connectivity index (χ0n) is 12.8. The molecule has 1 aliphatic carbocycles. The molecule has 1 nitrogen and oxygen atoms in total. The zero-order valence-corrected chi connectivity index (χ0v) is 12.8. The van der Waals surface area contributed by atoms with Crippen LogP contribution in [0, 0.1) is 23.2 Å². The van der Waals surface area contributed by atoms with E-state index in [2.05, 4.69) is 39.2 Å². The van der Waals surface area contributed by atoms with Gasteiger partial charge in [-0.1, -0.05) is 40.7 Å². The molecule has 0 aromatic rings. The minimum Gasteiger partial charge on any atom is -0.375 e. The molecule has 2 atom stereocenters. The fourth-order valence-electron chi connectivity index (χ4n) is 3.69. The summed E-state index contributed by atoms with van der Waals surface area (Å²) < 4.78 is 0. The van der Waals surface area contributed by atoms with Gasteiger partial charge in [0.1, 0.15) is 0 Å². The lowest BCUT2D eigenvalue weighted by Gasteiger charge is -2.37. The van der Waals surface area contributed by atoms with Crippen molar-refractivity contribution < 1.29 is 0 Å². The van der Waals surface area contributed by atoms with Crippen LogP contribution in [0.25, 0.3) is 0 Å². The highest BCUT2D eigenvalue weighted by Gasteiger charge is 2.42. The second-order valence-electron chi connectivity index (χ2n) is 7.70. The van der Waals surface area contributed by atoms with Crippen molar-refractivity contribution in [1.82, 2.24) is 4.90 Å². The lowest BCUT2D eigenvalue weighted by Crippen LogP contribution is -2.34. The fraction of sp³-hybridized carbons (Fsp3) is 0.882. The van der Waals surface area contributed by atoms with Gasteiger partial charge in [0.05, 0.1) is 0 Å². The number of nitrogens with zero attached hydrogens (tertiary/aromatic N) is 1. The van der Waals surface area contributed by atoms with Crippen LogP contribution in [-0.4, -0.2) is 18.0 Å². The second-order valence-corrected chi connectivity index (χ2v) is 7.70. The van der Waals surface area contributed by atoms with E-state index in [4.69, 9.17) is 0 Å². The maximum absolute atomic E-state index is 4.31. The predicted molar refractivity (Wildman–Crippen MR) is 79.4 cm³/mol. The first-order valence-corrected chi connectivity index (χ1v) is 7.83. The SMILES string of the molecule is C=C(CC(C)(C)C)N1CCC(C2CC2CC)CC1. The summed E-state index contributed by atoms with van der Waals surface area (Å²) in [4.78, 5) is 2.55. The third-order valence-corrected chi connectivity index (χ3v) is 4.83. The molecule has 1 heteroatoms. The van der Waals surface area contributed by atoms with E-state index in [0.29, 0.717) is 5.41 Å². The number of likely N-dealkylation sites (tertiary alicyclic amines) is 1. The average Bonchev–Trinajstić information content (AvgIpc) is 3.06. The summed E-state index contributed by atoms with van der Waals surface area (Å²) in [6, 6.07) is 0. The monoisotopic (exact) mass is 249 g/mol. The van der Waals surface area contributed by atoms with E-state index in [1.165, 1.54) is 44.5 Å². The van der Waals surface area contributed by atoms with E-state index >= 15 is 0 Å². The highest BCUT2D eigenvalue weighted by molar-refractivity contribution is 5.01. The van der Waals surface area contributed by atoms with Crippen LogP contribution in [0.5, 0.6) is 0 Å². The highest BCUT2D eigenvalue weighted by atomic mass is 15.1. The molecular formula is C17H31N. The van der Waals surface area contributed by atoms with Crippen molar-refractivity contribution in [2.75, 3.05) is 13.1 Å². The number of allylic oxidation sites excluding steroid dienone is 1. The van der Waals surface area contributed by atoms with E-state index in [1.807, 2.05) is 0 Å². The molecule has 1 heterocycles. The van der Waals surface area contributed by atoms with Crippen molar-refractivity contribution in [2.24, 2.45) is 23.2 Å². The minimum absolute atomic E-state index is 0.373. The van der Waals surface area contributed by atoms with Gasteiger partial charge in [-0.25, -0.2) is 0 Å². The Morgan fingerprint density at radius 3 is 2.28 bits per heavy atom. The van der Waals surface area contributed by atoms with Crippen LogP contribution < -0.4 is 0 Å². The molecule has 1 aliphatic heterocycles. The van der Waals surface area contributed by atoms with Gasteiger partial charge in [-0.2, -0.15) is 0 Å².